The summed E-state index contributed by atoms with van der Waals surface area (Å²) >= 11 is 0. The molecule has 0 aliphatic heterocycles. The van der Waals surface area contributed by atoms with Crippen molar-refractivity contribution in [2.75, 3.05) is 30.8 Å². The Morgan fingerprint density at radius 3 is 2.34 bits per heavy atom. The molecule has 2 aromatic carbocycles. The summed E-state index contributed by atoms with van der Waals surface area (Å²) in [6.45, 7) is 7.81. The summed E-state index contributed by atoms with van der Waals surface area (Å²) in [5, 5.41) is 2.91. The highest BCUT2D eigenvalue weighted by Crippen LogP contribution is 2.23. The first-order chi connectivity index (χ1) is 16.5. The van der Waals surface area contributed by atoms with Gasteiger partial charge in [-0.1, -0.05) is 51.1 Å². The molecule has 0 heterocycles. The van der Waals surface area contributed by atoms with Gasteiger partial charge in [-0.25, -0.2) is 8.42 Å². The highest BCUT2D eigenvalue weighted by atomic mass is 32.2. The van der Waals surface area contributed by atoms with Crippen LogP contribution in [0, 0.1) is 12.8 Å². The third-order valence-corrected chi connectivity index (χ3v) is 6.75. The molecule has 2 amide bonds. The van der Waals surface area contributed by atoms with Crippen molar-refractivity contribution in [2.24, 2.45) is 5.92 Å². The lowest BCUT2D eigenvalue weighted by atomic mass is 10.1. The van der Waals surface area contributed by atoms with Gasteiger partial charge < -0.3 is 15.0 Å². The fraction of sp³-hybridized carbons (Fsp3) is 0.462. The van der Waals surface area contributed by atoms with E-state index in [1.165, 1.54) is 4.90 Å². The lowest BCUT2D eigenvalue weighted by molar-refractivity contribution is -0.140. The monoisotopic (exact) mass is 503 g/mol. The molecule has 35 heavy (non-hydrogen) atoms. The average Bonchev–Trinajstić information content (AvgIpc) is 2.80. The van der Waals surface area contributed by atoms with E-state index in [-0.39, 0.29) is 18.4 Å². The SMILES string of the molecule is CC[C@H](C(=O)NCC(C)C)N(Cc1cccc(OC)c1)C(=O)CN(c1ccccc1C)S(C)(=O)=O. The molecule has 8 nitrogen and oxygen atoms in total. The molecule has 0 unspecified atom stereocenters. The predicted octanol–water partition coefficient (Wildman–Crippen LogP) is 3.35. The third-order valence-electron chi connectivity index (χ3n) is 5.62. The normalized spacial score (nSPS) is 12.2. The van der Waals surface area contributed by atoms with Gasteiger partial charge >= 0.3 is 0 Å². The van der Waals surface area contributed by atoms with Gasteiger partial charge in [-0.15, -0.1) is 0 Å². The van der Waals surface area contributed by atoms with Gasteiger partial charge in [-0.2, -0.15) is 0 Å². The van der Waals surface area contributed by atoms with E-state index in [1.54, 1.807) is 44.4 Å². The Labute approximate surface area is 209 Å². The maximum Gasteiger partial charge on any atom is 0.244 e. The van der Waals surface area contributed by atoms with Crippen LogP contribution in [-0.4, -0.2) is 57.6 Å². The predicted molar refractivity (Wildman–Crippen MR) is 139 cm³/mol. The third kappa shape index (κ3) is 7.99. The summed E-state index contributed by atoms with van der Waals surface area (Å²) < 4.78 is 31.8. The van der Waals surface area contributed by atoms with Gasteiger partial charge in [0.25, 0.3) is 0 Å². The second kappa shape index (κ2) is 12.6. The second-order valence-electron chi connectivity index (χ2n) is 8.99. The molecule has 2 rings (SSSR count). The summed E-state index contributed by atoms with van der Waals surface area (Å²) in [7, 11) is -2.20. The van der Waals surface area contributed by atoms with Crippen LogP contribution in [0.1, 0.15) is 38.3 Å². The number of sulfonamides is 1. The number of para-hydroxylation sites is 1. The fourth-order valence-corrected chi connectivity index (χ4v) is 4.65. The van der Waals surface area contributed by atoms with Crippen LogP contribution in [0.5, 0.6) is 5.75 Å². The highest BCUT2D eigenvalue weighted by Gasteiger charge is 2.32. The van der Waals surface area contributed by atoms with Gasteiger partial charge in [0.15, 0.2) is 0 Å². The molecule has 0 aromatic heterocycles. The molecule has 0 aliphatic rings. The molecule has 0 fully saturated rings. The van der Waals surface area contributed by atoms with Crippen molar-refractivity contribution in [2.45, 2.75) is 46.7 Å². The number of nitrogens with one attached hydrogen (secondary N) is 1. The van der Waals surface area contributed by atoms with Crippen molar-refractivity contribution < 1.29 is 22.7 Å². The Balaban J connectivity index is 2.45. The van der Waals surface area contributed by atoms with E-state index in [0.717, 1.165) is 21.7 Å². The standard InChI is InChI=1S/C26H37N3O5S/c1-7-23(26(31)27-16-19(2)3)28(17-21-12-10-13-22(15-21)34-5)25(30)18-29(35(6,32)33)24-14-9-8-11-20(24)4/h8-15,19,23H,7,16-18H2,1-6H3,(H,27,31)/t23-/m1/s1. The van der Waals surface area contributed by atoms with Gasteiger partial charge in [0, 0.05) is 13.1 Å². The van der Waals surface area contributed by atoms with Crippen molar-refractivity contribution in [3.05, 3.63) is 59.7 Å². The van der Waals surface area contributed by atoms with Crippen LogP contribution in [0.25, 0.3) is 0 Å². The van der Waals surface area contributed by atoms with Gasteiger partial charge in [-0.3, -0.25) is 13.9 Å². The minimum atomic E-state index is -3.76. The van der Waals surface area contributed by atoms with Crippen molar-refractivity contribution in [1.82, 2.24) is 10.2 Å². The lowest BCUT2D eigenvalue weighted by Gasteiger charge is -2.33. The number of carbonyl (C=O) groups excluding carboxylic acids is 2. The first kappa shape index (κ1) is 28.2. The number of carbonyl (C=O) groups is 2. The zero-order valence-electron chi connectivity index (χ0n) is 21.4. The smallest absolute Gasteiger partial charge is 0.244 e. The first-order valence-corrected chi connectivity index (χ1v) is 13.6. The fourth-order valence-electron chi connectivity index (χ4n) is 3.75. The number of ether oxygens (including phenoxy) is 1. The summed E-state index contributed by atoms with van der Waals surface area (Å²) in [4.78, 5) is 28.2. The number of benzene rings is 2. The van der Waals surface area contributed by atoms with E-state index < -0.39 is 28.5 Å². The van der Waals surface area contributed by atoms with E-state index in [9.17, 15) is 18.0 Å². The largest absolute Gasteiger partial charge is 0.497 e. The number of methoxy groups -OCH3 is 1. The van der Waals surface area contributed by atoms with Crippen LogP contribution < -0.4 is 14.4 Å². The average molecular weight is 504 g/mol. The maximum absolute atomic E-state index is 13.7. The number of aryl methyl sites for hydroxylation is 1. The lowest BCUT2D eigenvalue weighted by Crippen LogP contribution is -2.52. The van der Waals surface area contributed by atoms with Crippen molar-refractivity contribution in [3.8, 4) is 5.75 Å². The number of nitrogens with zero attached hydrogens (tertiary/aromatic N) is 2. The molecule has 9 heteroatoms. The summed E-state index contributed by atoms with van der Waals surface area (Å²) in [5.74, 6) is 0.151. The molecular weight excluding hydrogens is 466 g/mol. The van der Waals surface area contributed by atoms with Crippen LogP contribution in [0.15, 0.2) is 48.5 Å². The first-order valence-electron chi connectivity index (χ1n) is 11.7. The van der Waals surface area contributed by atoms with Crippen molar-refractivity contribution in [3.63, 3.8) is 0 Å². The van der Waals surface area contributed by atoms with Gasteiger partial charge in [0.1, 0.15) is 18.3 Å². The number of hydrogen-bond donors (Lipinski definition) is 1. The van der Waals surface area contributed by atoms with Crippen molar-refractivity contribution in [1.29, 1.82) is 0 Å². The summed E-state index contributed by atoms with van der Waals surface area (Å²) in [6, 6.07) is 13.5. The van der Waals surface area contributed by atoms with Crippen molar-refractivity contribution >= 4 is 27.5 Å². The minimum Gasteiger partial charge on any atom is -0.497 e. The van der Waals surface area contributed by atoms with Crippen LogP contribution >= 0.6 is 0 Å². The molecule has 0 bridgehead atoms. The molecule has 0 saturated heterocycles. The second-order valence-corrected chi connectivity index (χ2v) is 10.9. The molecule has 0 radical (unpaired) electrons. The van der Waals surface area contributed by atoms with Crippen LogP contribution in [0.3, 0.4) is 0 Å². The maximum atomic E-state index is 13.7. The summed E-state index contributed by atoms with van der Waals surface area (Å²) in [6.07, 6.45) is 1.45. The molecule has 1 atom stereocenters. The van der Waals surface area contributed by atoms with E-state index in [1.807, 2.05) is 39.0 Å². The molecule has 0 aliphatic carbocycles. The minimum absolute atomic E-state index is 0.134. The molecule has 0 spiro atoms. The van der Waals surface area contributed by atoms with Gasteiger partial charge in [-0.05, 0) is 48.6 Å². The number of amides is 2. The van der Waals surface area contributed by atoms with Crippen LogP contribution in [0.4, 0.5) is 5.69 Å². The molecule has 192 valence electrons. The number of hydrogen-bond acceptors (Lipinski definition) is 5. The quantitative estimate of drug-likeness (QED) is 0.479. The molecular formula is C26H37N3O5S. The Bertz CT molecular complexity index is 1120. The van der Waals surface area contributed by atoms with Gasteiger partial charge in [0.05, 0.1) is 19.1 Å². The van der Waals surface area contributed by atoms with Crippen LogP contribution in [-0.2, 0) is 26.2 Å². The van der Waals surface area contributed by atoms with E-state index in [2.05, 4.69) is 5.32 Å². The van der Waals surface area contributed by atoms with E-state index in [0.29, 0.717) is 24.4 Å². The molecule has 1 N–H and O–H groups in total. The zero-order chi connectivity index (χ0) is 26.2. The zero-order valence-corrected chi connectivity index (χ0v) is 22.3. The van der Waals surface area contributed by atoms with E-state index in [4.69, 9.17) is 4.74 Å². The topological polar surface area (TPSA) is 96.0 Å². The Hall–Kier alpha value is -3.07. The Morgan fingerprint density at radius 2 is 1.77 bits per heavy atom. The Kier molecular flexibility index (Phi) is 10.1. The van der Waals surface area contributed by atoms with E-state index >= 15 is 0 Å². The molecule has 2 aromatic rings. The summed E-state index contributed by atoms with van der Waals surface area (Å²) in [5.41, 5.74) is 1.93. The molecule has 0 saturated carbocycles. The van der Waals surface area contributed by atoms with Gasteiger partial charge in [0.2, 0.25) is 21.8 Å². The highest BCUT2D eigenvalue weighted by molar-refractivity contribution is 7.92. The number of rotatable bonds is 12. The number of anilines is 1. The van der Waals surface area contributed by atoms with Crippen LogP contribution in [0.2, 0.25) is 0 Å². The Morgan fingerprint density at radius 1 is 1.09 bits per heavy atom.